The fourth-order valence-electron chi connectivity index (χ4n) is 2.94. The first kappa shape index (κ1) is 15.9. The Bertz CT molecular complexity index is 464. The quantitative estimate of drug-likeness (QED) is 0.828. The van der Waals surface area contributed by atoms with Gasteiger partial charge in [-0.05, 0) is 50.3 Å². The molecule has 1 aliphatic rings. The van der Waals surface area contributed by atoms with Gasteiger partial charge in [-0.3, -0.25) is 4.79 Å². The highest BCUT2D eigenvalue weighted by Gasteiger charge is 2.20. The van der Waals surface area contributed by atoms with Gasteiger partial charge in [0.05, 0.1) is 0 Å². The number of rotatable bonds is 5. The van der Waals surface area contributed by atoms with Crippen LogP contribution in [0.25, 0.3) is 0 Å². The van der Waals surface area contributed by atoms with Crippen molar-refractivity contribution in [1.29, 1.82) is 0 Å². The van der Waals surface area contributed by atoms with Gasteiger partial charge in [-0.2, -0.15) is 0 Å². The van der Waals surface area contributed by atoms with E-state index < -0.39 is 0 Å². The lowest BCUT2D eigenvalue weighted by Gasteiger charge is -2.31. The fourth-order valence-corrected chi connectivity index (χ4v) is 2.94. The van der Waals surface area contributed by atoms with Crippen LogP contribution in [-0.2, 0) is 4.79 Å². The molecule has 0 spiro atoms. The summed E-state index contributed by atoms with van der Waals surface area (Å²) < 4.78 is 0. The number of aryl methyl sites for hydroxylation is 1. The molecule has 116 valence electrons. The molecule has 1 fully saturated rings. The molecule has 0 bridgehead atoms. The summed E-state index contributed by atoms with van der Waals surface area (Å²) in [4.78, 5) is 16.7. The summed E-state index contributed by atoms with van der Waals surface area (Å²) in [5.41, 5.74) is 2.49. The largest absolute Gasteiger partial charge is 0.371 e. The molecule has 3 nitrogen and oxygen atoms in total. The Morgan fingerprint density at radius 3 is 2.67 bits per heavy atom. The van der Waals surface area contributed by atoms with Gasteiger partial charge >= 0.3 is 0 Å². The molecule has 3 heteroatoms. The van der Waals surface area contributed by atoms with Crippen molar-refractivity contribution < 1.29 is 4.79 Å². The van der Waals surface area contributed by atoms with Crippen LogP contribution in [0.2, 0.25) is 0 Å². The molecule has 1 aliphatic heterocycles. The van der Waals surface area contributed by atoms with Crippen molar-refractivity contribution in [3.05, 3.63) is 29.8 Å². The van der Waals surface area contributed by atoms with Gasteiger partial charge in [0, 0.05) is 38.3 Å². The number of hydrogen-bond donors (Lipinski definition) is 0. The van der Waals surface area contributed by atoms with Crippen molar-refractivity contribution in [3.63, 3.8) is 0 Å². The van der Waals surface area contributed by atoms with Crippen LogP contribution in [0.5, 0.6) is 0 Å². The van der Waals surface area contributed by atoms with Crippen molar-refractivity contribution in [2.24, 2.45) is 5.92 Å². The maximum Gasteiger partial charge on any atom is 0.224 e. The van der Waals surface area contributed by atoms with E-state index in [0.29, 0.717) is 12.3 Å². The summed E-state index contributed by atoms with van der Waals surface area (Å²) in [6.07, 6.45) is 2.93. The van der Waals surface area contributed by atoms with E-state index in [2.05, 4.69) is 49.9 Å². The van der Waals surface area contributed by atoms with Gasteiger partial charge in [0.25, 0.3) is 0 Å². The van der Waals surface area contributed by atoms with Crippen LogP contribution in [0.15, 0.2) is 24.3 Å². The first-order valence-corrected chi connectivity index (χ1v) is 8.19. The third kappa shape index (κ3) is 4.48. The van der Waals surface area contributed by atoms with E-state index in [1.165, 1.54) is 11.3 Å². The number of piperidine rings is 1. The monoisotopic (exact) mass is 288 g/mol. The molecule has 1 saturated heterocycles. The van der Waals surface area contributed by atoms with Gasteiger partial charge < -0.3 is 9.80 Å². The molecule has 1 aromatic rings. The van der Waals surface area contributed by atoms with E-state index in [1.807, 2.05) is 4.90 Å². The van der Waals surface area contributed by atoms with Crippen LogP contribution < -0.4 is 4.90 Å². The normalized spacial score (nSPS) is 16.0. The average molecular weight is 288 g/mol. The predicted octanol–water partition coefficient (Wildman–Crippen LogP) is 3.47. The zero-order valence-electron chi connectivity index (χ0n) is 13.6. The summed E-state index contributed by atoms with van der Waals surface area (Å²) in [6, 6.07) is 8.51. The molecule has 0 N–H and O–H groups in total. The zero-order valence-corrected chi connectivity index (χ0v) is 13.6. The maximum atomic E-state index is 12.3. The van der Waals surface area contributed by atoms with Crippen LogP contribution in [0.4, 0.5) is 5.69 Å². The van der Waals surface area contributed by atoms with Crippen LogP contribution >= 0.6 is 0 Å². The van der Waals surface area contributed by atoms with Crippen LogP contribution in [-0.4, -0.2) is 37.0 Å². The van der Waals surface area contributed by atoms with Gasteiger partial charge in [-0.25, -0.2) is 0 Å². The van der Waals surface area contributed by atoms with Crippen LogP contribution in [0.1, 0.15) is 38.7 Å². The molecule has 2 rings (SSSR count). The molecular formula is C18H28N2O. The Balaban J connectivity index is 1.87. The van der Waals surface area contributed by atoms with Crippen LogP contribution in [0.3, 0.4) is 0 Å². The Hall–Kier alpha value is -1.51. The van der Waals surface area contributed by atoms with Gasteiger partial charge in [0.15, 0.2) is 0 Å². The molecule has 1 amide bonds. The first-order chi connectivity index (χ1) is 10.1. The Labute approximate surface area is 128 Å². The number of benzene rings is 1. The minimum atomic E-state index is 0.313. The van der Waals surface area contributed by atoms with Crippen molar-refractivity contribution in [2.45, 2.75) is 40.0 Å². The molecular weight excluding hydrogens is 260 g/mol. The molecule has 21 heavy (non-hydrogen) atoms. The summed E-state index contributed by atoms with van der Waals surface area (Å²) in [7, 11) is 0. The molecule has 0 saturated carbocycles. The molecule has 0 atom stereocenters. The minimum Gasteiger partial charge on any atom is -0.371 e. The van der Waals surface area contributed by atoms with E-state index in [9.17, 15) is 4.79 Å². The number of likely N-dealkylation sites (tertiary alicyclic amines) is 1. The maximum absolute atomic E-state index is 12.3. The molecule has 1 aromatic carbocycles. The first-order valence-electron chi connectivity index (χ1n) is 8.19. The van der Waals surface area contributed by atoms with E-state index in [4.69, 9.17) is 0 Å². The van der Waals surface area contributed by atoms with Crippen molar-refractivity contribution in [1.82, 2.24) is 4.90 Å². The third-order valence-electron chi connectivity index (χ3n) is 4.48. The fraction of sp³-hybridized carbons (Fsp3) is 0.611. The highest BCUT2D eigenvalue weighted by Crippen LogP contribution is 2.18. The average Bonchev–Trinajstić information content (AvgIpc) is 2.48. The number of carbonyl (C=O) groups excluding carboxylic acids is 1. The Morgan fingerprint density at radius 2 is 2.05 bits per heavy atom. The van der Waals surface area contributed by atoms with Gasteiger partial charge in [-0.15, -0.1) is 0 Å². The van der Waals surface area contributed by atoms with Gasteiger partial charge in [0.1, 0.15) is 0 Å². The second kappa shape index (κ2) is 7.48. The highest BCUT2D eigenvalue weighted by molar-refractivity contribution is 5.77. The summed E-state index contributed by atoms with van der Waals surface area (Å²) in [5, 5.41) is 0. The van der Waals surface area contributed by atoms with Gasteiger partial charge in [0.2, 0.25) is 5.91 Å². The standard InChI is InChI=1S/C18H28N2O/c1-4-19(17-7-5-6-16(3)14-17)13-10-18(21)20-11-8-15(2)9-12-20/h5-7,14-15H,4,8-13H2,1-3H3. The lowest BCUT2D eigenvalue weighted by atomic mass is 9.99. The Morgan fingerprint density at radius 1 is 1.33 bits per heavy atom. The summed E-state index contributed by atoms with van der Waals surface area (Å²) >= 11 is 0. The second-order valence-corrected chi connectivity index (χ2v) is 6.23. The van der Waals surface area contributed by atoms with Crippen molar-refractivity contribution in [3.8, 4) is 0 Å². The third-order valence-corrected chi connectivity index (χ3v) is 4.48. The summed E-state index contributed by atoms with van der Waals surface area (Å²) in [6.45, 7) is 10.2. The lowest BCUT2D eigenvalue weighted by molar-refractivity contribution is -0.132. The number of hydrogen-bond acceptors (Lipinski definition) is 2. The molecule has 0 aliphatic carbocycles. The van der Waals surface area contributed by atoms with Crippen molar-refractivity contribution >= 4 is 11.6 Å². The van der Waals surface area contributed by atoms with E-state index >= 15 is 0 Å². The number of anilines is 1. The zero-order chi connectivity index (χ0) is 15.2. The summed E-state index contributed by atoms with van der Waals surface area (Å²) in [5.74, 6) is 1.08. The number of amides is 1. The molecule has 1 heterocycles. The van der Waals surface area contributed by atoms with Gasteiger partial charge in [-0.1, -0.05) is 19.1 Å². The molecule has 0 aromatic heterocycles. The smallest absolute Gasteiger partial charge is 0.224 e. The lowest BCUT2D eigenvalue weighted by Crippen LogP contribution is -2.39. The second-order valence-electron chi connectivity index (χ2n) is 6.23. The molecule has 0 radical (unpaired) electrons. The van der Waals surface area contributed by atoms with Crippen LogP contribution in [0, 0.1) is 12.8 Å². The minimum absolute atomic E-state index is 0.313. The topological polar surface area (TPSA) is 23.6 Å². The van der Waals surface area contributed by atoms with E-state index in [-0.39, 0.29) is 0 Å². The number of nitrogens with zero attached hydrogens (tertiary/aromatic N) is 2. The van der Waals surface area contributed by atoms with E-state index in [1.54, 1.807) is 0 Å². The number of carbonyl (C=O) groups is 1. The Kier molecular flexibility index (Phi) is 5.66. The SMILES string of the molecule is CCN(CCC(=O)N1CCC(C)CC1)c1cccc(C)c1. The van der Waals surface area contributed by atoms with Crippen molar-refractivity contribution in [2.75, 3.05) is 31.1 Å². The highest BCUT2D eigenvalue weighted by atomic mass is 16.2. The van der Waals surface area contributed by atoms with E-state index in [0.717, 1.165) is 44.9 Å². The molecule has 0 unspecified atom stereocenters. The predicted molar refractivity (Wildman–Crippen MR) is 88.7 cm³/mol.